The highest BCUT2D eigenvalue weighted by Gasteiger charge is 2.54. The predicted molar refractivity (Wildman–Crippen MR) is 188 cm³/mol. The fraction of sp³-hybridized carbons (Fsp3) is 0.450. The van der Waals surface area contributed by atoms with Crippen molar-refractivity contribution in [1.29, 1.82) is 0 Å². The number of pyridine rings is 1. The van der Waals surface area contributed by atoms with E-state index in [4.69, 9.17) is 16.3 Å². The number of carboxylic acid groups (broad SMARTS) is 1. The Morgan fingerprint density at radius 3 is 2.70 bits per heavy atom. The van der Waals surface area contributed by atoms with Gasteiger partial charge in [0.2, 0.25) is 0 Å². The largest absolute Gasteiger partial charge is 0.493 e. The number of benzene rings is 2. The number of hydrogen-bond donors (Lipinski definition) is 2. The number of hydrogen-bond acceptors (Lipinski definition) is 4. The second-order valence-corrected chi connectivity index (χ2v) is 15.0. The molecule has 3 atom stereocenters. The average Bonchev–Trinajstić information content (AvgIpc) is 3.61. The zero-order valence-electron chi connectivity index (χ0n) is 27.8. The van der Waals surface area contributed by atoms with Crippen molar-refractivity contribution in [2.24, 2.45) is 18.9 Å². The van der Waals surface area contributed by atoms with Gasteiger partial charge in [-0.15, -0.1) is 0 Å². The molecule has 7 heteroatoms. The van der Waals surface area contributed by atoms with Crippen molar-refractivity contribution >= 4 is 23.3 Å². The Labute approximate surface area is 283 Å². The first-order valence-electron chi connectivity index (χ1n) is 17.3. The van der Waals surface area contributed by atoms with Crippen molar-refractivity contribution < 1.29 is 14.6 Å². The van der Waals surface area contributed by atoms with Gasteiger partial charge in [-0.25, -0.2) is 4.79 Å². The summed E-state index contributed by atoms with van der Waals surface area (Å²) in [6.45, 7) is 5.27. The highest BCUT2D eigenvalue weighted by atomic mass is 35.5. The van der Waals surface area contributed by atoms with E-state index < -0.39 is 11.5 Å². The first kappa shape index (κ1) is 31.8. The molecule has 2 aromatic heterocycles. The summed E-state index contributed by atoms with van der Waals surface area (Å²) in [5.74, 6) is 1.43. The molecule has 246 valence electrons. The van der Waals surface area contributed by atoms with Gasteiger partial charge in [-0.2, -0.15) is 0 Å². The minimum atomic E-state index is -1.04. The SMILES string of the molecule is C[C@@H](COc1ccnc2c1[C@H](C)CCC2)CC1Cc2ccc(-c3cccn3C)cc2C12CCC(Nc1cccc(Cl)c1)(C(=O)O)CC2. The number of aliphatic carboxylic acids is 1. The molecule has 3 aliphatic carbocycles. The van der Waals surface area contributed by atoms with E-state index >= 15 is 0 Å². The van der Waals surface area contributed by atoms with Gasteiger partial charge in [-0.3, -0.25) is 4.98 Å². The number of fused-ring (bicyclic) bond motifs is 3. The lowest BCUT2D eigenvalue weighted by Crippen LogP contribution is -2.53. The van der Waals surface area contributed by atoms with E-state index in [1.807, 2.05) is 36.5 Å². The fourth-order valence-electron chi connectivity index (χ4n) is 9.02. The molecule has 3 aliphatic rings. The molecule has 47 heavy (non-hydrogen) atoms. The molecule has 1 fully saturated rings. The number of ether oxygens (including phenoxy) is 1. The van der Waals surface area contributed by atoms with Crippen LogP contribution in [0.3, 0.4) is 0 Å². The molecule has 2 N–H and O–H groups in total. The number of carbonyl (C=O) groups is 1. The maximum atomic E-state index is 12.9. The molecule has 1 spiro atoms. The maximum absolute atomic E-state index is 12.9. The Balaban J connectivity index is 1.16. The van der Waals surface area contributed by atoms with Crippen molar-refractivity contribution in [3.63, 3.8) is 0 Å². The molecule has 1 saturated carbocycles. The van der Waals surface area contributed by atoms with Gasteiger partial charge in [0.15, 0.2) is 0 Å². The molecule has 0 bridgehead atoms. The lowest BCUT2D eigenvalue weighted by Gasteiger charge is -2.47. The van der Waals surface area contributed by atoms with Gasteiger partial charge in [0.1, 0.15) is 11.3 Å². The first-order chi connectivity index (χ1) is 22.7. The zero-order valence-corrected chi connectivity index (χ0v) is 28.5. The van der Waals surface area contributed by atoms with Gasteiger partial charge in [0, 0.05) is 47.1 Å². The average molecular weight is 652 g/mol. The van der Waals surface area contributed by atoms with Crippen LogP contribution in [0.5, 0.6) is 5.75 Å². The van der Waals surface area contributed by atoms with Crippen LogP contribution in [0.15, 0.2) is 73.1 Å². The Morgan fingerprint density at radius 1 is 1.13 bits per heavy atom. The molecule has 0 saturated heterocycles. The number of nitrogens with zero attached hydrogens (tertiary/aromatic N) is 2. The molecular weight excluding hydrogens is 606 g/mol. The number of nitrogens with one attached hydrogen (secondary N) is 1. The van der Waals surface area contributed by atoms with Crippen molar-refractivity contribution in [2.75, 3.05) is 11.9 Å². The maximum Gasteiger partial charge on any atom is 0.329 e. The summed E-state index contributed by atoms with van der Waals surface area (Å²) in [7, 11) is 2.09. The lowest BCUT2D eigenvalue weighted by molar-refractivity contribution is -0.144. The molecule has 0 aliphatic heterocycles. The fourth-order valence-corrected chi connectivity index (χ4v) is 9.21. The van der Waals surface area contributed by atoms with Crippen LogP contribution in [0.2, 0.25) is 5.02 Å². The minimum Gasteiger partial charge on any atom is -0.493 e. The highest BCUT2D eigenvalue weighted by Crippen LogP contribution is 2.56. The summed E-state index contributed by atoms with van der Waals surface area (Å²) in [5, 5.41) is 14.6. The summed E-state index contributed by atoms with van der Waals surface area (Å²) >= 11 is 6.28. The monoisotopic (exact) mass is 651 g/mol. The predicted octanol–water partition coefficient (Wildman–Crippen LogP) is 9.21. The first-order valence-corrected chi connectivity index (χ1v) is 17.7. The molecule has 6 nitrogen and oxygen atoms in total. The van der Waals surface area contributed by atoms with Gasteiger partial charge in [0.05, 0.1) is 6.61 Å². The number of anilines is 1. The van der Waals surface area contributed by atoms with Crippen molar-refractivity contribution in [2.45, 2.75) is 88.5 Å². The van der Waals surface area contributed by atoms with Crippen LogP contribution in [-0.4, -0.2) is 32.8 Å². The lowest BCUT2D eigenvalue weighted by atomic mass is 9.59. The van der Waals surface area contributed by atoms with Crippen LogP contribution in [-0.2, 0) is 30.1 Å². The molecule has 1 unspecified atom stereocenters. The smallest absolute Gasteiger partial charge is 0.329 e. The number of aryl methyl sites for hydroxylation is 2. The Hall–Kier alpha value is -3.77. The topological polar surface area (TPSA) is 76.4 Å². The molecule has 0 radical (unpaired) electrons. The van der Waals surface area contributed by atoms with Crippen LogP contribution in [0, 0.1) is 11.8 Å². The van der Waals surface area contributed by atoms with Gasteiger partial charge in [0.25, 0.3) is 0 Å². The molecule has 7 rings (SSSR count). The second-order valence-electron chi connectivity index (χ2n) is 14.6. The number of rotatable bonds is 9. The highest BCUT2D eigenvalue weighted by molar-refractivity contribution is 6.30. The summed E-state index contributed by atoms with van der Waals surface area (Å²) in [6.07, 6.45) is 12.1. The van der Waals surface area contributed by atoms with Crippen LogP contribution >= 0.6 is 11.6 Å². The van der Waals surface area contributed by atoms with Crippen LogP contribution < -0.4 is 10.1 Å². The number of halogens is 1. The van der Waals surface area contributed by atoms with E-state index in [1.54, 1.807) is 0 Å². The van der Waals surface area contributed by atoms with Crippen molar-refractivity contribution in [1.82, 2.24) is 9.55 Å². The van der Waals surface area contributed by atoms with E-state index in [0.717, 1.165) is 43.5 Å². The normalized spacial score (nSPS) is 25.6. The summed E-state index contributed by atoms with van der Waals surface area (Å²) < 4.78 is 8.75. The summed E-state index contributed by atoms with van der Waals surface area (Å²) in [5.41, 5.74) is 7.35. The quantitative estimate of drug-likeness (QED) is 0.189. The van der Waals surface area contributed by atoms with Crippen LogP contribution in [0.1, 0.15) is 87.1 Å². The van der Waals surface area contributed by atoms with Crippen LogP contribution in [0.4, 0.5) is 5.69 Å². The number of aromatic nitrogens is 2. The van der Waals surface area contributed by atoms with Gasteiger partial charge in [-0.1, -0.05) is 43.6 Å². The Morgan fingerprint density at radius 2 is 1.96 bits per heavy atom. The van der Waals surface area contributed by atoms with Crippen LogP contribution in [0.25, 0.3) is 11.3 Å². The van der Waals surface area contributed by atoms with E-state index in [-0.39, 0.29) is 5.41 Å². The molecule has 2 heterocycles. The number of carboxylic acids is 1. The Kier molecular flexibility index (Phi) is 8.58. The third-order valence-corrected chi connectivity index (χ3v) is 11.8. The third-order valence-electron chi connectivity index (χ3n) is 11.5. The van der Waals surface area contributed by atoms with Gasteiger partial charge >= 0.3 is 5.97 Å². The van der Waals surface area contributed by atoms with Gasteiger partial charge in [-0.05, 0) is 140 Å². The van der Waals surface area contributed by atoms with E-state index in [1.165, 1.54) is 46.5 Å². The standard InChI is InChI=1S/C40H46ClN3O3/c1-26(25-47-36-14-19-42-34-10-4-7-27(2)37(34)36)21-30-22-28-12-13-29(35-11-6-20-44(35)3)23-33(28)39(30)15-17-40(18-16-39,38(45)46)43-32-9-5-8-31(41)24-32/h5-6,8-9,11-14,19-20,23-24,26-27,30,43H,4,7,10,15-18,21-22,25H2,1-3H3,(H,45,46)/t26-,27-,30?,39?,40?/m1/s1. The molecule has 4 aromatic rings. The zero-order chi connectivity index (χ0) is 32.8. The summed E-state index contributed by atoms with van der Waals surface area (Å²) in [6, 6.07) is 20.7. The van der Waals surface area contributed by atoms with E-state index in [2.05, 4.69) is 72.3 Å². The van der Waals surface area contributed by atoms with E-state index in [9.17, 15) is 9.90 Å². The third kappa shape index (κ3) is 5.94. The minimum absolute atomic E-state index is 0.0932. The Bertz CT molecular complexity index is 1770. The summed E-state index contributed by atoms with van der Waals surface area (Å²) in [4.78, 5) is 17.6. The molecule has 0 amide bonds. The second kappa shape index (κ2) is 12.7. The molecular formula is C40H46ClN3O3. The molecule has 2 aromatic carbocycles. The van der Waals surface area contributed by atoms with Gasteiger partial charge < -0.3 is 19.7 Å². The van der Waals surface area contributed by atoms with Crippen molar-refractivity contribution in [3.05, 3.63) is 100 Å². The van der Waals surface area contributed by atoms with E-state index in [0.29, 0.717) is 42.2 Å². The van der Waals surface area contributed by atoms with Crippen molar-refractivity contribution in [3.8, 4) is 17.0 Å².